The largest absolute Gasteiger partial charge is 0.303 e. The second-order valence-corrected chi connectivity index (χ2v) is 6.22. The van der Waals surface area contributed by atoms with Crippen LogP contribution in [0.25, 0.3) is 0 Å². The van der Waals surface area contributed by atoms with Gasteiger partial charge in [-0.2, -0.15) is 0 Å². The first kappa shape index (κ1) is 11.8. The van der Waals surface area contributed by atoms with E-state index in [1.54, 1.807) is 0 Å². The average Bonchev–Trinajstić information content (AvgIpc) is 2.30. The van der Waals surface area contributed by atoms with Crippen molar-refractivity contribution in [1.29, 1.82) is 0 Å². The molecule has 2 bridgehead atoms. The minimum Gasteiger partial charge on any atom is -0.303 e. The predicted octanol–water partition coefficient (Wildman–Crippen LogP) is 4.19. The fraction of sp³-hybridized carbons (Fsp3) is 0.571. The topological polar surface area (TPSA) is 3.24 Å². The highest BCUT2D eigenvalue weighted by Gasteiger charge is 2.40. The summed E-state index contributed by atoms with van der Waals surface area (Å²) in [6.07, 6.45) is 3.87. The Labute approximate surface area is 113 Å². The van der Waals surface area contributed by atoms with Gasteiger partial charge < -0.3 is 4.90 Å². The van der Waals surface area contributed by atoms with Crippen LogP contribution in [0.15, 0.2) is 18.2 Å². The van der Waals surface area contributed by atoms with Gasteiger partial charge in [-0.25, -0.2) is 0 Å². The highest BCUT2D eigenvalue weighted by Crippen LogP contribution is 2.47. The van der Waals surface area contributed by atoms with Crippen molar-refractivity contribution in [1.82, 2.24) is 4.90 Å². The zero-order valence-corrected chi connectivity index (χ0v) is 11.5. The number of fused-ring (bicyclic) bond motifs is 3. The van der Waals surface area contributed by atoms with Gasteiger partial charge >= 0.3 is 0 Å². The molecule has 4 rings (SSSR count). The lowest BCUT2D eigenvalue weighted by atomic mass is 9.69. The van der Waals surface area contributed by atoms with Crippen LogP contribution >= 0.6 is 23.2 Å². The van der Waals surface area contributed by atoms with Crippen LogP contribution in [0.2, 0.25) is 10.0 Å². The molecule has 3 heteroatoms. The van der Waals surface area contributed by atoms with Crippen LogP contribution in [0.3, 0.4) is 0 Å². The summed E-state index contributed by atoms with van der Waals surface area (Å²) in [5.74, 6) is 1.29. The monoisotopic (exact) mass is 269 g/mol. The molecule has 1 aliphatic carbocycles. The molecule has 3 atom stereocenters. The molecular weight excluding hydrogens is 253 g/mol. The fourth-order valence-corrected chi connectivity index (χ4v) is 4.25. The van der Waals surface area contributed by atoms with Crippen LogP contribution in [0, 0.1) is 5.92 Å². The van der Waals surface area contributed by atoms with Gasteiger partial charge in [0.05, 0.1) is 0 Å². The third-order valence-electron chi connectivity index (χ3n) is 4.48. The number of benzene rings is 1. The molecule has 0 radical (unpaired) electrons. The van der Waals surface area contributed by atoms with E-state index in [1.165, 1.54) is 31.4 Å². The molecule has 0 amide bonds. The van der Waals surface area contributed by atoms with Gasteiger partial charge in [-0.15, -0.1) is 0 Å². The third kappa shape index (κ3) is 1.99. The Kier molecular flexibility index (Phi) is 3.10. The molecule has 1 saturated carbocycles. The van der Waals surface area contributed by atoms with Crippen molar-refractivity contribution in [3.63, 3.8) is 0 Å². The first-order valence-electron chi connectivity index (χ1n) is 6.31. The Morgan fingerprint density at radius 3 is 2.41 bits per heavy atom. The Morgan fingerprint density at radius 2 is 1.88 bits per heavy atom. The van der Waals surface area contributed by atoms with Crippen molar-refractivity contribution in [3.8, 4) is 0 Å². The summed E-state index contributed by atoms with van der Waals surface area (Å²) in [5, 5.41) is 1.69. The maximum absolute atomic E-state index is 6.34. The summed E-state index contributed by atoms with van der Waals surface area (Å²) in [6.45, 7) is 1.19. The maximum Gasteiger partial charge on any atom is 0.0455 e. The Bertz CT molecular complexity index is 412. The van der Waals surface area contributed by atoms with Gasteiger partial charge in [-0.1, -0.05) is 29.3 Å². The summed E-state index contributed by atoms with van der Waals surface area (Å²) in [6, 6.07) is 6.59. The van der Waals surface area contributed by atoms with E-state index in [1.807, 2.05) is 18.2 Å². The lowest BCUT2D eigenvalue weighted by molar-refractivity contribution is 0.0533. The molecular formula is C14H17Cl2N. The van der Waals surface area contributed by atoms with Gasteiger partial charge in [0.25, 0.3) is 0 Å². The van der Waals surface area contributed by atoms with Gasteiger partial charge in [0.2, 0.25) is 0 Å². The lowest BCUT2D eigenvalue weighted by Crippen LogP contribution is -2.49. The lowest BCUT2D eigenvalue weighted by Gasteiger charge is -2.48. The van der Waals surface area contributed by atoms with E-state index < -0.39 is 0 Å². The van der Waals surface area contributed by atoms with Gasteiger partial charge in [0.1, 0.15) is 0 Å². The zero-order chi connectivity index (χ0) is 12.0. The smallest absolute Gasteiger partial charge is 0.0455 e. The number of rotatable bonds is 1. The van der Waals surface area contributed by atoms with Crippen LogP contribution in [0.4, 0.5) is 0 Å². The maximum atomic E-state index is 6.34. The zero-order valence-electron chi connectivity index (χ0n) is 10.00. The standard InChI is InChI=1S/C14H17Cl2N/c1-17-8-9-5-6-10(17)7-11(9)14-12(15)3-2-4-13(14)16/h2-4,9-11H,5-8H2,1H3. The molecule has 92 valence electrons. The van der Waals surface area contributed by atoms with Gasteiger partial charge in [-0.05, 0) is 55.8 Å². The van der Waals surface area contributed by atoms with E-state index in [9.17, 15) is 0 Å². The SMILES string of the molecule is CN1CC2CCC1CC2c1c(Cl)cccc1Cl. The number of piperidine rings is 2. The van der Waals surface area contributed by atoms with Crippen molar-refractivity contribution in [2.75, 3.05) is 13.6 Å². The van der Waals surface area contributed by atoms with Crippen LogP contribution in [0.5, 0.6) is 0 Å². The van der Waals surface area contributed by atoms with Crippen molar-refractivity contribution < 1.29 is 0 Å². The molecule has 1 nitrogen and oxygen atoms in total. The van der Waals surface area contributed by atoms with Crippen molar-refractivity contribution >= 4 is 23.2 Å². The molecule has 3 unspecified atom stereocenters. The van der Waals surface area contributed by atoms with Crippen molar-refractivity contribution in [2.45, 2.75) is 31.2 Å². The summed E-state index contributed by atoms with van der Waals surface area (Å²) in [7, 11) is 2.24. The molecule has 2 heterocycles. The van der Waals surface area contributed by atoms with E-state index in [-0.39, 0.29) is 0 Å². The van der Waals surface area contributed by atoms with Crippen molar-refractivity contribution in [2.24, 2.45) is 5.92 Å². The van der Waals surface area contributed by atoms with Crippen LogP contribution in [-0.4, -0.2) is 24.5 Å². The summed E-state index contributed by atoms with van der Waals surface area (Å²) >= 11 is 12.7. The summed E-state index contributed by atoms with van der Waals surface area (Å²) in [4.78, 5) is 2.50. The average molecular weight is 270 g/mol. The van der Waals surface area contributed by atoms with Gasteiger partial charge in [-0.3, -0.25) is 0 Å². The fourth-order valence-electron chi connectivity index (χ4n) is 3.57. The van der Waals surface area contributed by atoms with Crippen LogP contribution in [-0.2, 0) is 0 Å². The Morgan fingerprint density at radius 1 is 1.18 bits per heavy atom. The number of hydrogen-bond acceptors (Lipinski definition) is 1. The van der Waals surface area contributed by atoms with E-state index in [4.69, 9.17) is 23.2 Å². The van der Waals surface area contributed by atoms with E-state index in [0.717, 1.165) is 22.0 Å². The molecule has 1 aromatic rings. The van der Waals surface area contributed by atoms with E-state index >= 15 is 0 Å². The Hall–Kier alpha value is -0.240. The van der Waals surface area contributed by atoms with Gasteiger partial charge in [0, 0.05) is 22.6 Å². The van der Waals surface area contributed by atoms with Gasteiger partial charge in [0.15, 0.2) is 0 Å². The second kappa shape index (κ2) is 4.46. The molecule has 3 aliphatic rings. The second-order valence-electron chi connectivity index (χ2n) is 5.41. The minimum atomic E-state index is 0.561. The molecule has 1 aromatic carbocycles. The summed E-state index contributed by atoms with van der Waals surface area (Å²) < 4.78 is 0. The number of halogens is 2. The minimum absolute atomic E-state index is 0.561. The predicted molar refractivity (Wildman–Crippen MR) is 73.0 cm³/mol. The normalized spacial score (nSPS) is 33.0. The summed E-state index contributed by atoms with van der Waals surface area (Å²) in [5.41, 5.74) is 1.19. The van der Waals surface area contributed by atoms with Crippen LogP contribution in [0.1, 0.15) is 30.7 Å². The molecule has 2 aliphatic heterocycles. The molecule has 3 fully saturated rings. The molecule has 0 aromatic heterocycles. The first-order chi connectivity index (χ1) is 8.16. The van der Waals surface area contributed by atoms with Crippen molar-refractivity contribution in [3.05, 3.63) is 33.8 Å². The van der Waals surface area contributed by atoms with E-state index in [0.29, 0.717) is 5.92 Å². The molecule has 2 saturated heterocycles. The highest BCUT2D eigenvalue weighted by atomic mass is 35.5. The Balaban J connectivity index is 1.96. The first-order valence-corrected chi connectivity index (χ1v) is 7.06. The molecule has 0 spiro atoms. The highest BCUT2D eigenvalue weighted by molar-refractivity contribution is 6.36. The third-order valence-corrected chi connectivity index (χ3v) is 5.14. The number of nitrogens with zero attached hydrogens (tertiary/aromatic N) is 1. The molecule has 0 N–H and O–H groups in total. The van der Waals surface area contributed by atoms with E-state index in [2.05, 4.69) is 11.9 Å². The number of hydrogen-bond donors (Lipinski definition) is 0. The van der Waals surface area contributed by atoms with Crippen LogP contribution < -0.4 is 0 Å². The quantitative estimate of drug-likeness (QED) is 0.739. The molecule has 17 heavy (non-hydrogen) atoms.